The average Bonchev–Trinajstić information content (AvgIpc) is 2.19. The first-order chi connectivity index (χ1) is 6.66. The number of likely N-dealkylation sites (tertiary alicyclic amines) is 1. The molecule has 0 bridgehead atoms. The van der Waals surface area contributed by atoms with Crippen molar-refractivity contribution >= 4 is 0 Å². The van der Waals surface area contributed by atoms with Gasteiger partial charge in [-0.1, -0.05) is 0 Å². The Bertz CT molecular complexity index is 206. The fourth-order valence-electron chi connectivity index (χ4n) is 3.32. The third kappa shape index (κ3) is 1.59. The maximum atomic E-state index is 5.50. The number of fused-ring (bicyclic) bond motifs is 1. The van der Waals surface area contributed by atoms with Crippen LogP contribution in [0.4, 0.5) is 0 Å². The molecule has 0 aromatic rings. The molecule has 1 saturated carbocycles. The Hall–Kier alpha value is -0.0800. The van der Waals surface area contributed by atoms with Gasteiger partial charge in [0.25, 0.3) is 0 Å². The third-order valence-corrected chi connectivity index (χ3v) is 4.65. The molecule has 0 N–H and O–H groups in total. The second-order valence-corrected chi connectivity index (χ2v) is 5.25. The molecular weight excluding hydrogens is 174 g/mol. The third-order valence-electron chi connectivity index (χ3n) is 4.65. The van der Waals surface area contributed by atoms with E-state index in [0.717, 1.165) is 5.92 Å². The molecule has 1 heterocycles. The zero-order chi connectivity index (χ0) is 10.2. The van der Waals surface area contributed by atoms with Crippen LogP contribution in [0.15, 0.2) is 0 Å². The van der Waals surface area contributed by atoms with Crippen LogP contribution in [-0.2, 0) is 4.74 Å². The molecule has 2 rings (SSSR count). The van der Waals surface area contributed by atoms with E-state index in [1.54, 1.807) is 0 Å². The van der Waals surface area contributed by atoms with E-state index >= 15 is 0 Å². The lowest BCUT2D eigenvalue weighted by Gasteiger charge is -2.52. The molecule has 3 atom stereocenters. The summed E-state index contributed by atoms with van der Waals surface area (Å²) in [5.74, 6) is 0.861. The molecule has 1 aliphatic heterocycles. The summed E-state index contributed by atoms with van der Waals surface area (Å²) >= 11 is 0. The predicted octanol–water partition coefficient (Wildman–Crippen LogP) is 2.29. The summed E-state index contributed by atoms with van der Waals surface area (Å²) in [5.41, 5.74) is 0.466. The van der Waals surface area contributed by atoms with Gasteiger partial charge in [0.2, 0.25) is 0 Å². The van der Waals surface area contributed by atoms with Gasteiger partial charge in [0.05, 0.1) is 6.10 Å². The molecule has 0 aromatic heterocycles. The molecule has 0 radical (unpaired) electrons. The molecule has 2 aliphatic rings. The Labute approximate surface area is 87.6 Å². The zero-order valence-electron chi connectivity index (χ0n) is 9.75. The highest BCUT2D eigenvalue weighted by atomic mass is 16.5. The lowest BCUT2D eigenvalue weighted by Crippen LogP contribution is -2.56. The predicted molar refractivity (Wildman–Crippen MR) is 58.4 cm³/mol. The summed E-state index contributed by atoms with van der Waals surface area (Å²) in [7, 11) is 4.15. The van der Waals surface area contributed by atoms with Crippen molar-refractivity contribution < 1.29 is 4.74 Å². The molecule has 2 heteroatoms. The van der Waals surface area contributed by atoms with Gasteiger partial charge in [0.15, 0.2) is 0 Å². The lowest BCUT2D eigenvalue weighted by molar-refractivity contribution is -0.0561. The van der Waals surface area contributed by atoms with E-state index in [1.165, 1.54) is 38.6 Å². The van der Waals surface area contributed by atoms with Crippen LogP contribution < -0.4 is 0 Å². The molecule has 0 spiro atoms. The second kappa shape index (κ2) is 3.82. The van der Waals surface area contributed by atoms with Crippen molar-refractivity contribution in [3.8, 4) is 0 Å². The van der Waals surface area contributed by atoms with Crippen LogP contribution in [0, 0.1) is 5.92 Å². The van der Waals surface area contributed by atoms with E-state index in [4.69, 9.17) is 4.74 Å². The fraction of sp³-hybridized carbons (Fsp3) is 1.00. The Morgan fingerprint density at radius 3 is 2.86 bits per heavy atom. The van der Waals surface area contributed by atoms with Crippen LogP contribution in [0.3, 0.4) is 0 Å². The van der Waals surface area contributed by atoms with Crippen LogP contribution in [0.1, 0.15) is 39.0 Å². The quantitative estimate of drug-likeness (QED) is 0.639. The van der Waals surface area contributed by atoms with E-state index < -0.39 is 0 Å². The standard InChI is InChI=1S/C12H23NO/c1-12-7-6-11(14-3)9-10(12)5-4-8-13(12)2/h10-11H,4-9H2,1-3H3. The van der Waals surface area contributed by atoms with Crippen molar-refractivity contribution in [2.24, 2.45) is 5.92 Å². The normalized spacial score (nSPS) is 44.8. The molecule has 2 fully saturated rings. The molecule has 1 saturated heterocycles. The molecule has 14 heavy (non-hydrogen) atoms. The summed E-state index contributed by atoms with van der Waals surface area (Å²) < 4.78 is 5.50. The number of piperidine rings is 1. The van der Waals surface area contributed by atoms with Crippen molar-refractivity contribution in [3.63, 3.8) is 0 Å². The minimum absolute atomic E-state index is 0.466. The smallest absolute Gasteiger partial charge is 0.0575 e. The van der Waals surface area contributed by atoms with Gasteiger partial charge in [-0.05, 0) is 58.5 Å². The average molecular weight is 197 g/mol. The van der Waals surface area contributed by atoms with Crippen LogP contribution in [0.2, 0.25) is 0 Å². The van der Waals surface area contributed by atoms with Gasteiger partial charge in [-0.3, -0.25) is 0 Å². The molecule has 1 aliphatic carbocycles. The van der Waals surface area contributed by atoms with E-state index in [9.17, 15) is 0 Å². The van der Waals surface area contributed by atoms with E-state index in [1.807, 2.05) is 7.11 Å². The SMILES string of the molecule is COC1CCC2(C)C(CCCN2C)C1. The van der Waals surface area contributed by atoms with Crippen LogP contribution >= 0.6 is 0 Å². The Morgan fingerprint density at radius 2 is 2.14 bits per heavy atom. The van der Waals surface area contributed by atoms with Crippen molar-refractivity contribution in [1.82, 2.24) is 4.90 Å². The van der Waals surface area contributed by atoms with E-state index in [2.05, 4.69) is 18.9 Å². The molecule has 0 amide bonds. The van der Waals surface area contributed by atoms with Gasteiger partial charge >= 0.3 is 0 Å². The van der Waals surface area contributed by atoms with Gasteiger partial charge in [0, 0.05) is 12.6 Å². The first-order valence-corrected chi connectivity index (χ1v) is 5.91. The fourth-order valence-corrected chi connectivity index (χ4v) is 3.32. The highest BCUT2D eigenvalue weighted by Gasteiger charge is 2.44. The number of hydrogen-bond donors (Lipinski definition) is 0. The van der Waals surface area contributed by atoms with Crippen LogP contribution in [-0.4, -0.2) is 37.2 Å². The number of hydrogen-bond acceptors (Lipinski definition) is 2. The maximum absolute atomic E-state index is 5.50. The molecular formula is C12H23NO. The van der Waals surface area contributed by atoms with Crippen LogP contribution in [0.5, 0.6) is 0 Å². The second-order valence-electron chi connectivity index (χ2n) is 5.25. The summed E-state index contributed by atoms with van der Waals surface area (Å²) in [5, 5.41) is 0. The lowest BCUT2D eigenvalue weighted by atomic mass is 9.68. The molecule has 3 unspecified atom stereocenters. The van der Waals surface area contributed by atoms with Crippen molar-refractivity contribution in [2.45, 2.75) is 50.7 Å². The molecule has 0 aromatic carbocycles. The highest BCUT2D eigenvalue weighted by molar-refractivity contribution is 4.99. The minimum Gasteiger partial charge on any atom is -0.381 e. The number of nitrogens with zero attached hydrogens (tertiary/aromatic N) is 1. The number of ether oxygens (including phenoxy) is 1. The summed E-state index contributed by atoms with van der Waals surface area (Å²) in [6, 6.07) is 0. The van der Waals surface area contributed by atoms with E-state index in [0.29, 0.717) is 11.6 Å². The van der Waals surface area contributed by atoms with Gasteiger partial charge in [-0.2, -0.15) is 0 Å². The van der Waals surface area contributed by atoms with Crippen LogP contribution in [0.25, 0.3) is 0 Å². The van der Waals surface area contributed by atoms with Gasteiger partial charge in [-0.25, -0.2) is 0 Å². The van der Waals surface area contributed by atoms with Gasteiger partial charge in [-0.15, -0.1) is 0 Å². The monoisotopic (exact) mass is 197 g/mol. The maximum Gasteiger partial charge on any atom is 0.0575 e. The minimum atomic E-state index is 0.466. The van der Waals surface area contributed by atoms with Crippen molar-refractivity contribution in [3.05, 3.63) is 0 Å². The van der Waals surface area contributed by atoms with Gasteiger partial charge < -0.3 is 9.64 Å². The van der Waals surface area contributed by atoms with E-state index in [-0.39, 0.29) is 0 Å². The number of methoxy groups -OCH3 is 1. The van der Waals surface area contributed by atoms with Crippen molar-refractivity contribution in [2.75, 3.05) is 20.7 Å². The topological polar surface area (TPSA) is 12.5 Å². The number of rotatable bonds is 1. The zero-order valence-corrected chi connectivity index (χ0v) is 9.75. The first kappa shape index (κ1) is 10.4. The van der Waals surface area contributed by atoms with Gasteiger partial charge in [0.1, 0.15) is 0 Å². The summed E-state index contributed by atoms with van der Waals surface area (Å²) in [6.07, 6.45) is 7.13. The summed E-state index contributed by atoms with van der Waals surface area (Å²) in [6.45, 7) is 3.73. The molecule has 2 nitrogen and oxygen atoms in total. The first-order valence-electron chi connectivity index (χ1n) is 5.91. The summed E-state index contributed by atoms with van der Waals surface area (Å²) in [4.78, 5) is 2.58. The highest BCUT2D eigenvalue weighted by Crippen LogP contribution is 2.43. The Balaban J connectivity index is 2.08. The largest absolute Gasteiger partial charge is 0.381 e. The Kier molecular flexibility index (Phi) is 2.85. The van der Waals surface area contributed by atoms with Crippen molar-refractivity contribution in [1.29, 1.82) is 0 Å². The Morgan fingerprint density at radius 1 is 1.36 bits per heavy atom. The molecule has 82 valence electrons.